The summed E-state index contributed by atoms with van der Waals surface area (Å²) in [5.41, 5.74) is 6.11. The molecule has 94 valence electrons. The number of amides is 1. The number of nitrogens with two attached hydrogens (primary N) is 1. The molecule has 1 rings (SSSR count). The second kappa shape index (κ2) is 5.58. The van der Waals surface area contributed by atoms with E-state index in [1.54, 1.807) is 33.2 Å². The smallest absolute Gasteiger partial charge is 0.407 e. The highest BCUT2D eigenvalue weighted by Gasteiger charge is 2.16. The van der Waals surface area contributed by atoms with Crippen LogP contribution in [0.4, 0.5) is 4.79 Å². The fourth-order valence-corrected chi connectivity index (χ4v) is 1.13. The average Bonchev–Trinajstić information content (AvgIpc) is 2.25. The maximum Gasteiger partial charge on any atom is 0.407 e. The van der Waals surface area contributed by atoms with Crippen LogP contribution < -0.4 is 11.1 Å². The molecule has 0 radical (unpaired) electrons. The molecule has 1 aromatic rings. The maximum absolute atomic E-state index is 11.4. The van der Waals surface area contributed by atoms with Crippen molar-refractivity contribution in [1.29, 1.82) is 0 Å². The normalized spacial score (nSPS) is 12.9. The molecule has 0 aliphatic rings. The van der Waals surface area contributed by atoms with Gasteiger partial charge in [-0.25, -0.2) is 14.8 Å². The van der Waals surface area contributed by atoms with Crippen LogP contribution in [0.3, 0.4) is 0 Å². The van der Waals surface area contributed by atoms with Crippen LogP contribution in [0.25, 0.3) is 0 Å². The zero-order valence-corrected chi connectivity index (χ0v) is 10.3. The lowest BCUT2D eigenvalue weighted by atomic mass is 10.2. The number of hydrogen-bond acceptors (Lipinski definition) is 5. The van der Waals surface area contributed by atoms with Crippen molar-refractivity contribution in [3.8, 4) is 0 Å². The quantitative estimate of drug-likeness (QED) is 0.819. The van der Waals surface area contributed by atoms with Crippen molar-refractivity contribution in [3.63, 3.8) is 0 Å². The van der Waals surface area contributed by atoms with E-state index < -0.39 is 11.7 Å². The molecule has 0 unspecified atom stereocenters. The molecule has 0 saturated carbocycles. The Morgan fingerprint density at radius 3 is 2.59 bits per heavy atom. The fourth-order valence-electron chi connectivity index (χ4n) is 1.13. The number of ether oxygens (including phenoxy) is 1. The van der Waals surface area contributed by atoms with Gasteiger partial charge in [-0.15, -0.1) is 0 Å². The highest BCUT2D eigenvalue weighted by atomic mass is 16.6. The summed E-state index contributed by atoms with van der Waals surface area (Å²) in [7, 11) is 0. The van der Waals surface area contributed by atoms with Gasteiger partial charge in [0.05, 0.1) is 6.04 Å². The summed E-state index contributed by atoms with van der Waals surface area (Å²) in [6.45, 7) is 5.69. The van der Waals surface area contributed by atoms with Gasteiger partial charge in [0.2, 0.25) is 0 Å². The molecular weight excluding hydrogens is 220 g/mol. The third kappa shape index (κ3) is 5.26. The van der Waals surface area contributed by atoms with E-state index >= 15 is 0 Å². The Labute approximate surface area is 101 Å². The second-order valence-electron chi connectivity index (χ2n) is 4.66. The van der Waals surface area contributed by atoms with Gasteiger partial charge in [0.1, 0.15) is 11.9 Å². The van der Waals surface area contributed by atoms with Crippen molar-refractivity contribution in [1.82, 2.24) is 15.3 Å². The molecule has 3 N–H and O–H groups in total. The van der Waals surface area contributed by atoms with Gasteiger partial charge >= 0.3 is 6.09 Å². The van der Waals surface area contributed by atoms with Crippen molar-refractivity contribution in [3.05, 3.63) is 24.3 Å². The SMILES string of the molecule is CC(C)(C)OC(=O)NC[C@H](N)c1cncnc1. The predicted molar refractivity (Wildman–Crippen MR) is 63.2 cm³/mol. The molecule has 0 bridgehead atoms. The summed E-state index contributed by atoms with van der Waals surface area (Å²) in [6.07, 6.45) is 4.19. The molecule has 6 heteroatoms. The van der Waals surface area contributed by atoms with Crippen LogP contribution in [0.1, 0.15) is 32.4 Å². The Morgan fingerprint density at radius 1 is 1.47 bits per heavy atom. The number of aromatic nitrogens is 2. The minimum Gasteiger partial charge on any atom is -0.444 e. The molecule has 0 aliphatic carbocycles. The van der Waals surface area contributed by atoms with E-state index in [4.69, 9.17) is 10.5 Å². The van der Waals surface area contributed by atoms with Gasteiger partial charge in [0, 0.05) is 24.5 Å². The lowest BCUT2D eigenvalue weighted by molar-refractivity contribution is 0.0524. The summed E-state index contributed by atoms with van der Waals surface area (Å²) >= 11 is 0. The molecule has 0 aromatic carbocycles. The number of nitrogens with zero attached hydrogens (tertiary/aromatic N) is 2. The summed E-state index contributed by atoms with van der Waals surface area (Å²) in [4.78, 5) is 19.1. The third-order valence-corrected chi connectivity index (χ3v) is 1.87. The largest absolute Gasteiger partial charge is 0.444 e. The minimum absolute atomic E-state index is 0.280. The number of rotatable bonds is 3. The van der Waals surface area contributed by atoms with Crippen LogP contribution in [0, 0.1) is 0 Å². The number of hydrogen-bond donors (Lipinski definition) is 2. The lowest BCUT2D eigenvalue weighted by Crippen LogP contribution is -2.36. The molecule has 6 nitrogen and oxygen atoms in total. The summed E-state index contributed by atoms with van der Waals surface area (Å²) in [5, 5.41) is 2.60. The third-order valence-electron chi connectivity index (χ3n) is 1.87. The summed E-state index contributed by atoms with van der Waals surface area (Å²) < 4.78 is 5.09. The molecule has 17 heavy (non-hydrogen) atoms. The Balaban J connectivity index is 2.39. The Morgan fingerprint density at radius 2 is 2.06 bits per heavy atom. The first-order valence-corrected chi connectivity index (χ1v) is 5.36. The van der Waals surface area contributed by atoms with Gasteiger partial charge in [0.15, 0.2) is 0 Å². The molecule has 1 atom stereocenters. The summed E-state index contributed by atoms with van der Waals surface area (Å²) in [6, 6.07) is -0.344. The second-order valence-corrected chi connectivity index (χ2v) is 4.66. The van der Waals surface area contributed by atoms with Crippen LogP contribution in [0.2, 0.25) is 0 Å². The van der Waals surface area contributed by atoms with Crippen molar-refractivity contribution in [2.75, 3.05) is 6.54 Å². The van der Waals surface area contributed by atoms with E-state index in [1.807, 2.05) is 0 Å². The highest BCUT2D eigenvalue weighted by Crippen LogP contribution is 2.08. The van der Waals surface area contributed by atoms with E-state index in [9.17, 15) is 4.79 Å². The van der Waals surface area contributed by atoms with E-state index in [0.717, 1.165) is 5.56 Å². The van der Waals surface area contributed by atoms with Gasteiger partial charge in [-0.3, -0.25) is 0 Å². The average molecular weight is 238 g/mol. The van der Waals surface area contributed by atoms with E-state index in [1.165, 1.54) is 6.33 Å². The Kier molecular flexibility index (Phi) is 4.39. The molecular formula is C11H18N4O2. The van der Waals surface area contributed by atoms with Crippen molar-refractivity contribution in [2.24, 2.45) is 5.73 Å². The maximum atomic E-state index is 11.4. The van der Waals surface area contributed by atoms with Crippen molar-refractivity contribution < 1.29 is 9.53 Å². The van der Waals surface area contributed by atoms with Crippen molar-refractivity contribution >= 4 is 6.09 Å². The van der Waals surface area contributed by atoms with Gasteiger partial charge in [-0.05, 0) is 20.8 Å². The van der Waals surface area contributed by atoms with Gasteiger partial charge < -0.3 is 15.8 Å². The molecule has 0 aliphatic heterocycles. The topological polar surface area (TPSA) is 90.1 Å². The van der Waals surface area contributed by atoms with Crippen molar-refractivity contribution in [2.45, 2.75) is 32.4 Å². The Hall–Kier alpha value is -1.69. The molecule has 1 amide bonds. The Bertz CT molecular complexity index is 361. The zero-order valence-electron chi connectivity index (χ0n) is 10.3. The monoisotopic (exact) mass is 238 g/mol. The van der Waals surface area contributed by atoms with Gasteiger partial charge in [-0.2, -0.15) is 0 Å². The van der Waals surface area contributed by atoms with Crippen LogP contribution in [0.5, 0.6) is 0 Å². The summed E-state index contributed by atoms with van der Waals surface area (Å²) in [5.74, 6) is 0. The number of carbonyl (C=O) groups is 1. The molecule has 1 heterocycles. The standard InChI is InChI=1S/C11H18N4O2/c1-11(2,3)17-10(16)15-6-9(12)8-4-13-7-14-5-8/h4-5,7,9H,6,12H2,1-3H3,(H,15,16)/t9-/m0/s1. The zero-order chi connectivity index (χ0) is 12.9. The van der Waals surface area contributed by atoms with Crippen LogP contribution >= 0.6 is 0 Å². The van der Waals surface area contributed by atoms with Crippen LogP contribution in [0.15, 0.2) is 18.7 Å². The minimum atomic E-state index is -0.510. The van der Waals surface area contributed by atoms with E-state index in [2.05, 4.69) is 15.3 Å². The number of nitrogens with one attached hydrogen (secondary N) is 1. The van der Waals surface area contributed by atoms with E-state index in [0.29, 0.717) is 0 Å². The van der Waals surface area contributed by atoms with Crippen LogP contribution in [-0.2, 0) is 4.74 Å². The number of alkyl carbamates (subject to hydrolysis) is 1. The first-order valence-electron chi connectivity index (χ1n) is 5.36. The fraction of sp³-hybridized carbons (Fsp3) is 0.545. The first kappa shape index (κ1) is 13.4. The molecule has 0 saturated heterocycles. The number of carbonyl (C=O) groups excluding carboxylic acids is 1. The predicted octanol–water partition coefficient (Wildman–Crippen LogP) is 1.00. The first-order chi connectivity index (χ1) is 7.88. The molecule has 0 spiro atoms. The lowest BCUT2D eigenvalue weighted by Gasteiger charge is -2.20. The molecule has 1 aromatic heterocycles. The van der Waals surface area contributed by atoms with Gasteiger partial charge in [-0.1, -0.05) is 0 Å². The van der Waals surface area contributed by atoms with E-state index in [-0.39, 0.29) is 12.6 Å². The molecule has 0 fully saturated rings. The van der Waals surface area contributed by atoms with Crippen LogP contribution in [-0.4, -0.2) is 28.2 Å². The highest BCUT2D eigenvalue weighted by molar-refractivity contribution is 5.67. The van der Waals surface area contributed by atoms with Gasteiger partial charge in [0.25, 0.3) is 0 Å².